The highest BCUT2D eigenvalue weighted by Crippen LogP contribution is 2.10. The van der Waals surface area contributed by atoms with Crippen LogP contribution in [0.5, 0.6) is 0 Å². The molecule has 0 aliphatic rings. The summed E-state index contributed by atoms with van der Waals surface area (Å²) in [5, 5.41) is 1.55. The first-order chi connectivity index (χ1) is 9.74. The first-order valence-electron chi connectivity index (χ1n) is 7.53. The van der Waals surface area contributed by atoms with Crippen molar-refractivity contribution in [1.82, 2.24) is 0 Å². The number of esters is 1. The summed E-state index contributed by atoms with van der Waals surface area (Å²) < 4.78 is 4.93. The lowest BCUT2D eigenvalue weighted by Gasteiger charge is -2.13. The van der Waals surface area contributed by atoms with E-state index in [9.17, 15) is 4.79 Å². The number of rotatable bonds is 10. The van der Waals surface area contributed by atoms with Crippen molar-refractivity contribution in [2.45, 2.75) is 44.7 Å². The predicted octanol–water partition coefficient (Wildman–Crippen LogP) is 3.43. The van der Waals surface area contributed by atoms with E-state index in [2.05, 4.69) is 43.0 Å². The van der Waals surface area contributed by atoms with E-state index in [-0.39, 0.29) is 5.97 Å². The second-order valence-corrected chi connectivity index (χ2v) is 8.28. The molecule has 2 nitrogen and oxygen atoms in total. The molecule has 0 amide bonds. The molecular weight excluding hydrogens is 264 g/mol. The van der Waals surface area contributed by atoms with Crippen molar-refractivity contribution in [2.75, 3.05) is 6.61 Å². The monoisotopic (exact) mass is 290 g/mol. The van der Waals surface area contributed by atoms with E-state index in [1.807, 2.05) is 0 Å². The Bertz CT molecular complexity index is 389. The molecule has 110 valence electrons. The second-order valence-electron chi connectivity index (χ2n) is 5.17. The summed E-state index contributed by atoms with van der Waals surface area (Å²) in [4.78, 5) is 10.6. The molecule has 0 fully saturated rings. The SMILES string of the molecule is C=CC[SiH](CCCCCCOC(C)=O)c1ccccc1. The van der Waals surface area contributed by atoms with Gasteiger partial charge in [-0.1, -0.05) is 66.9 Å². The van der Waals surface area contributed by atoms with Gasteiger partial charge in [-0.2, -0.15) is 0 Å². The zero-order chi connectivity index (χ0) is 14.6. The minimum Gasteiger partial charge on any atom is -0.466 e. The molecule has 0 spiro atoms. The molecule has 1 rings (SSSR count). The highest BCUT2D eigenvalue weighted by Gasteiger charge is 2.10. The van der Waals surface area contributed by atoms with E-state index in [4.69, 9.17) is 4.74 Å². The minimum atomic E-state index is -0.871. The van der Waals surface area contributed by atoms with Crippen LogP contribution in [0, 0.1) is 0 Å². The Morgan fingerprint density at radius 2 is 1.90 bits per heavy atom. The average molecular weight is 290 g/mol. The fourth-order valence-electron chi connectivity index (χ4n) is 2.41. The third-order valence-corrected chi connectivity index (χ3v) is 6.81. The molecular formula is C17H26O2Si. The molecule has 1 atom stereocenters. The van der Waals surface area contributed by atoms with E-state index in [1.54, 1.807) is 5.19 Å². The van der Waals surface area contributed by atoms with Crippen LogP contribution in [0.2, 0.25) is 12.1 Å². The van der Waals surface area contributed by atoms with Gasteiger partial charge in [0.25, 0.3) is 0 Å². The van der Waals surface area contributed by atoms with Gasteiger partial charge in [0.2, 0.25) is 0 Å². The Morgan fingerprint density at radius 1 is 1.20 bits per heavy atom. The average Bonchev–Trinajstić information content (AvgIpc) is 2.45. The number of unbranched alkanes of at least 4 members (excludes halogenated alkanes) is 3. The lowest BCUT2D eigenvalue weighted by atomic mass is 10.2. The Morgan fingerprint density at radius 3 is 2.55 bits per heavy atom. The van der Waals surface area contributed by atoms with Crippen LogP contribution in [0.3, 0.4) is 0 Å². The lowest BCUT2D eigenvalue weighted by Crippen LogP contribution is -2.28. The molecule has 0 aliphatic heterocycles. The fourth-order valence-corrected chi connectivity index (χ4v) is 5.20. The Kier molecular flexibility index (Phi) is 8.71. The molecule has 0 heterocycles. The molecule has 1 unspecified atom stereocenters. The van der Waals surface area contributed by atoms with Crippen molar-refractivity contribution in [1.29, 1.82) is 0 Å². The zero-order valence-electron chi connectivity index (χ0n) is 12.5. The lowest BCUT2D eigenvalue weighted by molar-refractivity contribution is -0.141. The van der Waals surface area contributed by atoms with E-state index >= 15 is 0 Å². The van der Waals surface area contributed by atoms with Gasteiger partial charge < -0.3 is 4.74 Å². The molecule has 0 aliphatic carbocycles. The summed E-state index contributed by atoms with van der Waals surface area (Å²) in [5.41, 5.74) is 0. The highest BCUT2D eigenvalue weighted by atomic mass is 28.3. The van der Waals surface area contributed by atoms with Crippen LogP contribution < -0.4 is 5.19 Å². The van der Waals surface area contributed by atoms with E-state index in [1.165, 1.54) is 31.9 Å². The number of hydrogen-bond acceptors (Lipinski definition) is 2. The largest absolute Gasteiger partial charge is 0.466 e. The van der Waals surface area contributed by atoms with Crippen LogP contribution in [0.25, 0.3) is 0 Å². The molecule has 0 N–H and O–H groups in total. The van der Waals surface area contributed by atoms with Crippen molar-refractivity contribution < 1.29 is 9.53 Å². The quantitative estimate of drug-likeness (QED) is 0.286. The van der Waals surface area contributed by atoms with Crippen LogP contribution in [-0.2, 0) is 9.53 Å². The Hall–Kier alpha value is -1.35. The molecule has 1 aromatic rings. The number of carbonyl (C=O) groups excluding carboxylic acids is 1. The molecule has 0 aromatic heterocycles. The maximum atomic E-state index is 10.6. The number of carbonyl (C=O) groups is 1. The van der Waals surface area contributed by atoms with Crippen LogP contribution in [-0.4, -0.2) is 21.4 Å². The number of hydrogen-bond donors (Lipinski definition) is 0. The maximum absolute atomic E-state index is 10.6. The number of allylic oxidation sites excluding steroid dienone is 1. The van der Waals surface area contributed by atoms with Gasteiger partial charge in [0.05, 0.1) is 15.4 Å². The van der Waals surface area contributed by atoms with Crippen LogP contribution >= 0.6 is 0 Å². The summed E-state index contributed by atoms with van der Waals surface area (Å²) in [7, 11) is -0.871. The van der Waals surface area contributed by atoms with Gasteiger partial charge in [0, 0.05) is 6.92 Å². The van der Waals surface area contributed by atoms with Gasteiger partial charge in [-0.3, -0.25) is 4.79 Å². The van der Waals surface area contributed by atoms with Crippen LogP contribution in [0.1, 0.15) is 32.6 Å². The van der Waals surface area contributed by atoms with Crippen molar-refractivity contribution in [2.24, 2.45) is 0 Å². The second kappa shape index (κ2) is 10.4. The van der Waals surface area contributed by atoms with E-state index in [0.717, 1.165) is 12.8 Å². The molecule has 0 bridgehead atoms. The minimum absolute atomic E-state index is 0.174. The summed E-state index contributed by atoms with van der Waals surface area (Å²) in [5.74, 6) is -0.174. The van der Waals surface area contributed by atoms with Crippen LogP contribution in [0.15, 0.2) is 43.0 Å². The Labute approximate surface area is 124 Å². The van der Waals surface area contributed by atoms with Gasteiger partial charge in [-0.05, 0) is 12.5 Å². The zero-order valence-corrected chi connectivity index (χ0v) is 13.7. The van der Waals surface area contributed by atoms with E-state index in [0.29, 0.717) is 6.61 Å². The van der Waals surface area contributed by atoms with E-state index < -0.39 is 8.80 Å². The van der Waals surface area contributed by atoms with Crippen LogP contribution in [0.4, 0.5) is 0 Å². The van der Waals surface area contributed by atoms with Crippen molar-refractivity contribution >= 4 is 20.0 Å². The van der Waals surface area contributed by atoms with Gasteiger partial charge >= 0.3 is 5.97 Å². The third-order valence-electron chi connectivity index (χ3n) is 3.47. The van der Waals surface area contributed by atoms with Gasteiger partial charge in [-0.25, -0.2) is 0 Å². The summed E-state index contributed by atoms with van der Waals surface area (Å²) in [6, 6.07) is 13.4. The van der Waals surface area contributed by atoms with Crippen molar-refractivity contribution in [3.63, 3.8) is 0 Å². The van der Waals surface area contributed by atoms with Gasteiger partial charge in [-0.15, -0.1) is 6.58 Å². The molecule has 1 aromatic carbocycles. The summed E-state index contributed by atoms with van der Waals surface area (Å²) in [6.07, 6.45) is 6.72. The standard InChI is InChI=1S/C17H26O2Si/c1-3-14-20(17-11-7-6-8-12-17)15-10-5-4-9-13-19-16(2)18/h3,6-8,11-12,20H,1,4-5,9-10,13-15H2,2H3. The Balaban J connectivity index is 2.20. The summed E-state index contributed by atoms with van der Waals surface area (Å²) >= 11 is 0. The molecule has 0 radical (unpaired) electrons. The van der Waals surface area contributed by atoms with Crippen molar-refractivity contribution in [3.8, 4) is 0 Å². The van der Waals surface area contributed by atoms with Crippen molar-refractivity contribution in [3.05, 3.63) is 43.0 Å². The first kappa shape index (κ1) is 16.7. The highest BCUT2D eigenvalue weighted by molar-refractivity contribution is 6.73. The molecule has 0 saturated carbocycles. The van der Waals surface area contributed by atoms with Gasteiger partial charge in [0.1, 0.15) is 0 Å². The number of benzene rings is 1. The smallest absolute Gasteiger partial charge is 0.302 e. The summed E-state index contributed by atoms with van der Waals surface area (Å²) in [6.45, 7) is 5.93. The molecule has 20 heavy (non-hydrogen) atoms. The molecule has 3 heteroatoms. The normalized spacial score (nSPS) is 11.8. The maximum Gasteiger partial charge on any atom is 0.302 e. The fraction of sp³-hybridized carbons (Fsp3) is 0.471. The predicted molar refractivity (Wildman–Crippen MR) is 88.1 cm³/mol. The number of ether oxygens (including phenoxy) is 1. The topological polar surface area (TPSA) is 26.3 Å². The van der Waals surface area contributed by atoms with Gasteiger partial charge in [0.15, 0.2) is 0 Å². The molecule has 0 saturated heterocycles. The first-order valence-corrected chi connectivity index (χ1v) is 9.74. The third kappa shape index (κ3) is 7.29.